The van der Waals surface area contributed by atoms with Gasteiger partial charge in [0, 0.05) is 7.11 Å². The van der Waals surface area contributed by atoms with E-state index in [1.807, 2.05) is 0 Å². The van der Waals surface area contributed by atoms with Crippen LogP contribution < -0.4 is 5.73 Å². The third-order valence-corrected chi connectivity index (χ3v) is 1.46. The van der Waals surface area contributed by atoms with E-state index >= 15 is 0 Å². The van der Waals surface area contributed by atoms with E-state index in [1.165, 1.54) is 0 Å². The highest BCUT2D eigenvalue weighted by Crippen LogP contribution is 2.14. The summed E-state index contributed by atoms with van der Waals surface area (Å²) in [5.74, 6) is 0.986. The molecule has 1 unspecified atom stereocenters. The van der Waals surface area contributed by atoms with Crippen molar-refractivity contribution in [1.82, 2.24) is 10.1 Å². The molecule has 0 aromatic carbocycles. The van der Waals surface area contributed by atoms with Crippen LogP contribution in [0.1, 0.15) is 18.6 Å². The van der Waals surface area contributed by atoms with Gasteiger partial charge in [0.15, 0.2) is 5.82 Å². The summed E-state index contributed by atoms with van der Waals surface area (Å²) in [6.07, 6.45) is 0. The maximum absolute atomic E-state index is 5.84. The number of aryl methyl sites for hydroxylation is 1. The Morgan fingerprint density at radius 1 is 1.67 bits per heavy atom. The van der Waals surface area contributed by atoms with Crippen LogP contribution in [0.2, 0.25) is 0 Å². The van der Waals surface area contributed by atoms with Gasteiger partial charge in [-0.2, -0.15) is 4.98 Å². The van der Waals surface area contributed by atoms with Crippen LogP contribution in [0.5, 0.6) is 0 Å². The van der Waals surface area contributed by atoms with Crippen molar-refractivity contribution >= 4 is 0 Å². The number of aromatic nitrogens is 2. The van der Waals surface area contributed by atoms with Crippen LogP contribution in [-0.4, -0.2) is 23.9 Å². The Labute approximate surface area is 70.9 Å². The van der Waals surface area contributed by atoms with Gasteiger partial charge in [-0.25, -0.2) is 0 Å². The SMILES string of the molecule is COCC(C)(N)c1nc(C)no1. The molecule has 5 nitrogen and oxygen atoms in total. The molecule has 0 fully saturated rings. The van der Waals surface area contributed by atoms with Crippen molar-refractivity contribution in [3.63, 3.8) is 0 Å². The van der Waals surface area contributed by atoms with Gasteiger partial charge in [-0.1, -0.05) is 5.16 Å². The zero-order chi connectivity index (χ0) is 9.19. The monoisotopic (exact) mass is 171 g/mol. The molecule has 68 valence electrons. The van der Waals surface area contributed by atoms with Gasteiger partial charge in [0.1, 0.15) is 5.54 Å². The lowest BCUT2D eigenvalue weighted by Crippen LogP contribution is -2.38. The highest BCUT2D eigenvalue weighted by atomic mass is 16.5. The molecule has 1 aromatic heterocycles. The molecule has 0 saturated carbocycles. The molecule has 0 radical (unpaired) electrons. The van der Waals surface area contributed by atoms with Crippen molar-refractivity contribution < 1.29 is 9.26 Å². The van der Waals surface area contributed by atoms with Gasteiger partial charge in [0.25, 0.3) is 0 Å². The highest BCUT2D eigenvalue weighted by Gasteiger charge is 2.27. The van der Waals surface area contributed by atoms with Crippen LogP contribution in [0.3, 0.4) is 0 Å². The summed E-state index contributed by atoms with van der Waals surface area (Å²) in [5, 5.41) is 3.64. The van der Waals surface area contributed by atoms with Gasteiger partial charge in [0.05, 0.1) is 6.61 Å². The zero-order valence-electron chi connectivity index (χ0n) is 7.50. The summed E-state index contributed by atoms with van der Waals surface area (Å²) in [7, 11) is 1.58. The molecule has 1 heterocycles. The molecular weight excluding hydrogens is 158 g/mol. The first-order chi connectivity index (χ1) is 5.56. The minimum Gasteiger partial charge on any atom is -0.382 e. The van der Waals surface area contributed by atoms with E-state index in [1.54, 1.807) is 21.0 Å². The fraction of sp³-hybridized carbons (Fsp3) is 0.714. The largest absolute Gasteiger partial charge is 0.382 e. The molecular formula is C7H13N3O2. The molecule has 5 heteroatoms. The summed E-state index contributed by atoms with van der Waals surface area (Å²) < 4.78 is 9.83. The number of nitrogens with two attached hydrogens (primary N) is 1. The number of rotatable bonds is 3. The number of hydrogen-bond donors (Lipinski definition) is 1. The highest BCUT2D eigenvalue weighted by molar-refractivity contribution is 4.98. The maximum atomic E-state index is 5.84. The topological polar surface area (TPSA) is 74.2 Å². The van der Waals surface area contributed by atoms with Crippen molar-refractivity contribution in [3.05, 3.63) is 11.7 Å². The molecule has 12 heavy (non-hydrogen) atoms. The Morgan fingerprint density at radius 2 is 2.33 bits per heavy atom. The average Bonchev–Trinajstić information content (AvgIpc) is 2.36. The van der Waals surface area contributed by atoms with Gasteiger partial charge in [0.2, 0.25) is 5.89 Å². The summed E-state index contributed by atoms with van der Waals surface area (Å²) in [6.45, 7) is 3.88. The van der Waals surface area contributed by atoms with Gasteiger partial charge in [-0.15, -0.1) is 0 Å². The number of nitrogens with zero attached hydrogens (tertiary/aromatic N) is 2. The molecule has 0 bridgehead atoms. The number of methoxy groups -OCH3 is 1. The Bertz CT molecular complexity index is 257. The summed E-state index contributed by atoms with van der Waals surface area (Å²) in [4.78, 5) is 4.02. The average molecular weight is 171 g/mol. The smallest absolute Gasteiger partial charge is 0.248 e. The standard InChI is InChI=1S/C7H13N3O2/c1-5-9-6(12-10-5)7(2,8)4-11-3/h4,8H2,1-3H3. The van der Waals surface area contributed by atoms with Crippen molar-refractivity contribution in [2.45, 2.75) is 19.4 Å². The lowest BCUT2D eigenvalue weighted by Gasteiger charge is -2.17. The Hall–Kier alpha value is -0.940. The predicted molar refractivity (Wildman–Crippen MR) is 42.5 cm³/mol. The minimum atomic E-state index is -0.698. The fourth-order valence-electron chi connectivity index (χ4n) is 0.891. The van der Waals surface area contributed by atoms with E-state index < -0.39 is 5.54 Å². The first kappa shape index (κ1) is 9.15. The normalized spacial score (nSPS) is 16.0. The summed E-state index contributed by atoms with van der Waals surface area (Å²) >= 11 is 0. The third kappa shape index (κ3) is 1.80. The van der Waals surface area contributed by atoms with Gasteiger partial charge >= 0.3 is 0 Å². The van der Waals surface area contributed by atoms with E-state index in [4.69, 9.17) is 15.0 Å². The minimum absolute atomic E-state index is 0.356. The number of ether oxygens (including phenoxy) is 1. The lowest BCUT2D eigenvalue weighted by atomic mass is 10.1. The molecule has 0 spiro atoms. The van der Waals surface area contributed by atoms with E-state index in [9.17, 15) is 0 Å². The van der Waals surface area contributed by atoms with Gasteiger partial charge < -0.3 is 15.0 Å². The van der Waals surface area contributed by atoms with Crippen LogP contribution in [0.15, 0.2) is 4.52 Å². The Kier molecular flexibility index (Phi) is 2.44. The first-order valence-electron chi connectivity index (χ1n) is 3.65. The van der Waals surface area contributed by atoms with Gasteiger partial charge in [-0.3, -0.25) is 0 Å². The summed E-state index contributed by atoms with van der Waals surface area (Å²) in [5.41, 5.74) is 5.14. The Balaban J connectivity index is 2.81. The fourth-order valence-corrected chi connectivity index (χ4v) is 0.891. The van der Waals surface area contributed by atoms with Crippen LogP contribution in [-0.2, 0) is 10.3 Å². The van der Waals surface area contributed by atoms with Crippen LogP contribution in [0.4, 0.5) is 0 Å². The second-order valence-corrected chi connectivity index (χ2v) is 3.00. The van der Waals surface area contributed by atoms with Crippen molar-refractivity contribution in [2.24, 2.45) is 5.73 Å². The molecule has 0 aliphatic carbocycles. The molecule has 0 saturated heterocycles. The quantitative estimate of drug-likeness (QED) is 0.703. The second kappa shape index (κ2) is 3.20. The molecule has 1 aromatic rings. The maximum Gasteiger partial charge on any atom is 0.248 e. The van der Waals surface area contributed by atoms with Crippen LogP contribution in [0.25, 0.3) is 0 Å². The van der Waals surface area contributed by atoms with Crippen LogP contribution in [0, 0.1) is 6.92 Å². The first-order valence-corrected chi connectivity index (χ1v) is 3.65. The van der Waals surface area contributed by atoms with Crippen LogP contribution >= 0.6 is 0 Å². The van der Waals surface area contributed by atoms with E-state index in [2.05, 4.69) is 10.1 Å². The molecule has 1 rings (SSSR count). The van der Waals surface area contributed by atoms with Crippen molar-refractivity contribution in [1.29, 1.82) is 0 Å². The molecule has 0 aliphatic rings. The zero-order valence-corrected chi connectivity index (χ0v) is 7.50. The molecule has 2 N–H and O–H groups in total. The van der Waals surface area contributed by atoms with Gasteiger partial charge in [-0.05, 0) is 13.8 Å². The molecule has 1 atom stereocenters. The van der Waals surface area contributed by atoms with E-state index in [0.717, 1.165) is 0 Å². The third-order valence-electron chi connectivity index (χ3n) is 1.46. The Morgan fingerprint density at radius 3 is 2.75 bits per heavy atom. The van der Waals surface area contributed by atoms with E-state index in [0.29, 0.717) is 18.3 Å². The van der Waals surface area contributed by atoms with Crippen molar-refractivity contribution in [3.8, 4) is 0 Å². The predicted octanol–water partition coefficient (Wildman–Crippen LogP) is 0.198. The lowest BCUT2D eigenvalue weighted by molar-refractivity contribution is 0.120. The molecule has 0 amide bonds. The number of hydrogen-bond acceptors (Lipinski definition) is 5. The van der Waals surface area contributed by atoms with E-state index in [-0.39, 0.29) is 0 Å². The second-order valence-electron chi connectivity index (χ2n) is 3.00. The molecule has 0 aliphatic heterocycles. The van der Waals surface area contributed by atoms with Crippen molar-refractivity contribution in [2.75, 3.05) is 13.7 Å². The summed E-state index contributed by atoms with van der Waals surface area (Å²) in [6, 6.07) is 0.